The van der Waals surface area contributed by atoms with Gasteiger partial charge in [-0.2, -0.15) is 0 Å². The van der Waals surface area contributed by atoms with Crippen molar-refractivity contribution in [2.24, 2.45) is 0 Å². The second-order valence-corrected chi connectivity index (χ2v) is 6.53. The van der Waals surface area contributed by atoms with Gasteiger partial charge in [-0.1, -0.05) is 30.7 Å². The Labute approximate surface area is 144 Å². The molecule has 1 heterocycles. The summed E-state index contributed by atoms with van der Waals surface area (Å²) in [5.74, 6) is -0.774. The number of amides is 1. The SMILES string of the molecule is CCCNC(=O)[C@@H](C)OC(=O)c1ccc(-c2ccc(Cl)cc2)s1. The predicted octanol–water partition coefficient (Wildman–Crippen LogP) is 4.14. The Balaban J connectivity index is 2.01. The molecule has 1 N–H and O–H groups in total. The first-order valence-electron chi connectivity index (χ1n) is 7.35. The van der Waals surface area contributed by atoms with Crippen LogP contribution in [0.15, 0.2) is 36.4 Å². The van der Waals surface area contributed by atoms with Gasteiger partial charge in [0.15, 0.2) is 6.10 Å². The maximum atomic E-state index is 12.1. The lowest BCUT2D eigenvalue weighted by Gasteiger charge is -2.12. The lowest BCUT2D eigenvalue weighted by molar-refractivity contribution is -0.129. The Kier molecular flexibility index (Phi) is 6.19. The predicted molar refractivity (Wildman–Crippen MR) is 92.9 cm³/mol. The lowest BCUT2D eigenvalue weighted by Crippen LogP contribution is -2.36. The van der Waals surface area contributed by atoms with Crippen molar-refractivity contribution in [2.75, 3.05) is 6.54 Å². The zero-order chi connectivity index (χ0) is 16.8. The number of esters is 1. The van der Waals surface area contributed by atoms with Crippen molar-refractivity contribution in [2.45, 2.75) is 26.4 Å². The number of halogens is 1. The number of carbonyl (C=O) groups excluding carboxylic acids is 2. The van der Waals surface area contributed by atoms with Crippen LogP contribution in [0, 0.1) is 0 Å². The molecule has 0 aliphatic heterocycles. The minimum Gasteiger partial charge on any atom is -0.448 e. The van der Waals surface area contributed by atoms with Gasteiger partial charge >= 0.3 is 5.97 Å². The van der Waals surface area contributed by atoms with E-state index in [1.807, 2.05) is 25.1 Å². The van der Waals surface area contributed by atoms with E-state index in [1.165, 1.54) is 11.3 Å². The fourth-order valence-electron chi connectivity index (χ4n) is 1.88. The van der Waals surface area contributed by atoms with Crippen LogP contribution in [0.2, 0.25) is 5.02 Å². The number of carbonyl (C=O) groups is 2. The Bertz CT molecular complexity index is 681. The van der Waals surface area contributed by atoms with Crippen molar-refractivity contribution in [3.63, 3.8) is 0 Å². The van der Waals surface area contributed by atoms with Gasteiger partial charge in [0, 0.05) is 16.4 Å². The lowest BCUT2D eigenvalue weighted by atomic mass is 10.2. The molecular formula is C17H18ClNO3S. The zero-order valence-corrected chi connectivity index (χ0v) is 14.5. The molecule has 0 saturated carbocycles. The van der Waals surface area contributed by atoms with Crippen molar-refractivity contribution in [3.05, 3.63) is 46.3 Å². The minimum absolute atomic E-state index is 0.283. The summed E-state index contributed by atoms with van der Waals surface area (Å²) in [5.41, 5.74) is 0.979. The largest absolute Gasteiger partial charge is 0.448 e. The van der Waals surface area contributed by atoms with Crippen LogP contribution in [-0.2, 0) is 9.53 Å². The number of hydrogen-bond donors (Lipinski definition) is 1. The minimum atomic E-state index is -0.810. The van der Waals surface area contributed by atoms with E-state index in [-0.39, 0.29) is 5.91 Å². The third-order valence-electron chi connectivity index (χ3n) is 3.14. The molecule has 0 bridgehead atoms. The van der Waals surface area contributed by atoms with Crippen LogP contribution in [0.3, 0.4) is 0 Å². The van der Waals surface area contributed by atoms with Gasteiger partial charge in [0.2, 0.25) is 0 Å². The maximum absolute atomic E-state index is 12.1. The summed E-state index contributed by atoms with van der Waals surface area (Å²) in [6, 6.07) is 10.9. The van der Waals surface area contributed by atoms with Crippen LogP contribution >= 0.6 is 22.9 Å². The van der Waals surface area contributed by atoms with Gasteiger partial charge in [0.1, 0.15) is 4.88 Å². The fourth-order valence-corrected chi connectivity index (χ4v) is 2.90. The summed E-state index contributed by atoms with van der Waals surface area (Å²) in [6.07, 6.45) is 0.0250. The van der Waals surface area contributed by atoms with Gasteiger partial charge in [0.05, 0.1) is 0 Å². The van der Waals surface area contributed by atoms with E-state index in [4.69, 9.17) is 16.3 Å². The average Bonchev–Trinajstić information content (AvgIpc) is 3.03. The number of benzene rings is 1. The molecule has 0 radical (unpaired) electrons. The normalized spacial score (nSPS) is 11.8. The quantitative estimate of drug-likeness (QED) is 0.796. The van der Waals surface area contributed by atoms with E-state index in [0.717, 1.165) is 16.9 Å². The van der Waals surface area contributed by atoms with Crippen molar-refractivity contribution in [1.82, 2.24) is 5.32 Å². The number of ether oxygens (including phenoxy) is 1. The van der Waals surface area contributed by atoms with Crippen LogP contribution in [0.25, 0.3) is 10.4 Å². The molecule has 122 valence electrons. The van der Waals surface area contributed by atoms with E-state index in [2.05, 4.69) is 5.32 Å². The Morgan fingerprint density at radius 3 is 2.57 bits per heavy atom. The summed E-state index contributed by atoms with van der Waals surface area (Å²) < 4.78 is 5.20. The Morgan fingerprint density at radius 1 is 1.22 bits per heavy atom. The topological polar surface area (TPSA) is 55.4 Å². The molecule has 0 saturated heterocycles. The summed E-state index contributed by atoms with van der Waals surface area (Å²) in [5, 5.41) is 3.36. The average molecular weight is 352 g/mol. The third-order valence-corrected chi connectivity index (χ3v) is 4.50. The molecule has 1 atom stereocenters. The van der Waals surface area contributed by atoms with E-state index < -0.39 is 12.1 Å². The third kappa shape index (κ3) is 4.81. The molecule has 2 rings (SSSR count). The summed E-state index contributed by atoms with van der Waals surface area (Å²) >= 11 is 7.19. The molecule has 0 fully saturated rings. The van der Waals surface area contributed by atoms with Gasteiger partial charge in [-0.3, -0.25) is 4.79 Å². The van der Waals surface area contributed by atoms with E-state index in [1.54, 1.807) is 25.1 Å². The van der Waals surface area contributed by atoms with Gasteiger partial charge in [-0.05, 0) is 43.2 Å². The summed E-state index contributed by atoms with van der Waals surface area (Å²) in [6.45, 7) is 4.10. The first kappa shape index (κ1) is 17.5. The molecule has 0 aliphatic carbocycles. The molecule has 2 aromatic rings. The molecule has 0 unspecified atom stereocenters. The molecule has 23 heavy (non-hydrogen) atoms. The van der Waals surface area contributed by atoms with E-state index >= 15 is 0 Å². The molecule has 0 spiro atoms. The van der Waals surface area contributed by atoms with Crippen LogP contribution in [0.1, 0.15) is 29.9 Å². The number of rotatable bonds is 6. The first-order chi connectivity index (χ1) is 11.0. The van der Waals surface area contributed by atoms with Crippen molar-refractivity contribution < 1.29 is 14.3 Å². The number of thiophene rings is 1. The van der Waals surface area contributed by atoms with Gasteiger partial charge in [-0.25, -0.2) is 4.79 Å². The van der Waals surface area contributed by atoms with Crippen molar-refractivity contribution in [3.8, 4) is 10.4 Å². The molecule has 0 aliphatic rings. The molecule has 4 nitrogen and oxygen atoms in total. The van der Waals surface area contributed by atoms with Crippen LogP contribution in [0.4, 0.5) is 0 Å². The Hall–Kier alpha value is -1.85. The first-order valence-corrected chi connectivity index (χ1v) is 8.55. The monoisotopic (exact) mass is 351 g/mol. The second kappa shape index (κ2) is 8.13. The summed E-state index contributed by atoms with van der Waals surface area (Å²) in [7, 11) is 0. The van der Waals surface area contributed by atoms with Crippen LogP contribution in [0.5, 0.6) is 0 Å². The second-order valence-electron chi connectivity index (χ2n) is 5.01. The summed E-state index contributed by atoms with van der Waals surface area (Å²) in [4.78, 5) is 25.3. The molecule has 6 heteroatoms. The molecule has 1 aromatic carbocycles. The smallest absolute Gasteiger partial charge is 0.349 e. The van der Waals surface area contributed by atoms with Crippen molar-refractivity contribution in [1.29, 1.82) is 0 Å². The highest BCUT2D eigenvalue weighted by atomic mass is 35.5. The highest BCUT2D eigenvalue weighted by Gasteiger charge is 2.19. The Morgan fingerprint density at radius 2 is 1.91 bits per heavy atom. The molecule has 1 aromatic heterocycles. The van der Waals surface area contributed by atoms with Crippen LogP contribution < -0.4 is 5.32 Å². The molecule has 1 amide bonds. The number of hydrogen-bond acceptors (Lipinski definition) is 4. The van der Waals surface area contributed by atoms with Gasteiger partial charge in [-0.15, -0.1) is 11.3 Å². The van der Waals surface area contributed by atoms with Crippen LogP contribution in [-0.4, -0.2) is 24.5 Å². The standard InChI is InChI=1S/C17H18ClNO3S/c1-3-10-19-16(20)11(2)22-17(21)15-9-8-14(23-15)12-4-6-13(18)7-5-12/h4-9,11H,3,10H2,1-2H3,(H,19,20)/t11-/m1/s1. The highest BCUT2D eigenvalue weighted by molar-refractivity contribution is 7.17. The van der Waals surface area contributed by atoms with E-state index in [9.17, 15) is 9.59 Å². The van der Waals surface area contributed by atoms with Crippen molar-refractivity contribution >= 4 is 34.8 Å². The molecular weight excluding hydrogens is 334 g/mol. The zero-order valence-electron chi connectivity index (χ0n) is 13.0. The van der Waals surface area contributed by atoms with Gasteiger partial charge in [0.25, 0.3) is 5.91 Å². The van der Waals surface area contributed by atoms with E-state index in [0.29, 0.717) is 16.4 Å². The van der Waals surface area contributed by atoms with Gasteiger partial charge < -0.3 is 10.1 Å². The fraction of sp³-hybridized carbons (Fsp3) is 0.294. The number of nitrogens with one attached hydrogen (secondary N) is 1. The maximum Gasteiger partial charge on any atom is 0.349 e. The highest BCUT2D eigenvalue weighted by Crippen LogP contribution is 2.29.